The van der Waals surface area contributed by atoms with Gasteiger partial charge in [-0.15, -0.1) is 0 Å². The van der Waals surface area contributed by atoms with Crippen LogP contribution in [0.1, 0.15) is 66.5 Å². The molecule has 2 N–H and O–H groups in total. The van der Waals surface area contributed by atoms with E-state index in [1.54, 1.807) is 20.8 Å². The third kappa shape index (κ3) is 2.61. The highest BCUT2D eigenvalue weighted by Crippen LogP contribution is 2.71. The minimum atomic E-state index is -3.45. The van der Waals surface area contributed by atoms with Crippen molar-refractivity contribution in [1.82, 2.24) is 0 Å². The topological polar surface area (TPSA) is 101 Å². The van der Waals surface area contributed by atoms with E-state index in [-0.39, 0.29) is 25.0 Å². The van der Waals surface area contributed by atoms with Crippen molar-refractivity contribution in [2.24, 2.45) is 28.6 Å². The van der Waals surface area contributed by atoms with E-state index in [0.29, 0.717) is 12.0 Å². The van der Waals surface area contributed by atoms with Crippen LogP contribution in [0.25, 0.3) is 0 Å². The largest absolute Gasteiger partial charge is 0.450 e. The highest BCUT2D eigenvalue weighted by atomic mass is 19.1. The quantitative estimate of drug-likeness (QED) is 0.635. The minimum absolute atomic E-state index is 0.160. The lowest BCUT2D eigenvalue weighted by atomic mass is 9.44. The van der Waals surface area contributed by atoms with Gasteiger partial charge < -0.3 is 14.9 Å². The van der Waals surface area contributed by atoms with E-state index in [4.69, 9.17) is 11.6 Å². The van der Waals surface area contributed by atoms with Crippen LogP contribution >= 0.6 is 0 Å². The van der Waals surface area contributed by atoms with Gasteiger partial charge in [0.05, 0.1) is 6.10 Å². The van der Waals surface area contributed by atoms with Crippen molar-refractivity contribution in [3.8, 4) is 0 Å². The average Bonchev–Trinajstić information content (AvgIpc) is 3.01. The van der Waals surface area contributed by atoms with Gasteiger partial charge in [-0.2, -0.15) is 0 Å². The van der Waals surface area contributed by atoms with Crippen LogP contribution in [0.5, 0.6) is 0 Å². The number of carbonyl (C=O) groups is 3. The first-order chi connectivity index (χ1) is 16.8. The van der Waals surface area contributed by atoms with Crippen molar-refractivity contribution >= 4 is 17.5 Å². The third-order valence-corrected chi connectivity index (χ3v) is 9.09. The Bertz CT molecular complexity index is 1100. The summed E-state index contributed by atoms with van der Waals surface area (Å²) in [6.07, 6.45) is -0.537. The van der Waals surface area contributed by atoms with Crippen molar-refractivity contribution < 1.29 is 40.6 Å². The highest BCUT2D eigenvalue weighted by Gasteiger charge is 2.77. The Hall–Kier alpha value is -1.86. The molecule has 0 aliphatic heterocycles. The van der Waals surface area contributed by atoms with Gasteiger partial charge in [0.1, 0.15) is 6.61 Å². The predicted molar refractivity (Wildman–Crippen MR) is 114 cm³/mol. The molecule has 0 aromatic carbocycles. The zero-order valence-electron chi connectivity index (χ0n) is 23.5. The predicted octanol–water partition coefficient (Wildman–Crippen LogP) is 2.86. The maximum atomic E-state index is 17.3. The molecule has 0 bridgehead atoms. The first kappa shape index (κ1) is 17.6. The van der Waals surface area contributed by atoms with Gasteiger partial charge in [-0.05, 0) is 50.7 Å². The highest BCUT2D eigenvalue weighted by molar-refractivity contribution is 6.01. The molecular weight excluding hydrogens is 415 g/mol. The number of ketones is 2. The number of esters is 1. The molecule has 8 atom stereocenters. The number of alkyl halides is 1. The van der Waals surface area contributed by atoms with Crippen molar-refractivity contribution in [1.29, 1.82) is 0 Å². The molecule has 0 aromatic heterocycles. The summed E-state index contributed by atoms with van der Waals surface area (Å²) in [6, 6.07) is 0. The lowest BCUT2D eigenvalue weighted by molar-refractivity contribution is -0.228. The normalized spacial score (nSPS) is 50.4. The number of Topliss-reactive ketones (excluding diaryl/α,β-unsaturated/α-hetero) is 1. The van der Waals surface area contributed by atoms with E-state index in [1.807, 2.05) is 0 Å². The molecule has 3 fully saturated rings. The Morgan fingerprint density at radius 2 is 2.09 bits per heavy atom. The van der Waals surface area contributed by atoms with Crippen LogP contribution in [0.2, 0.25) is 0 Å². The van der Waals surface area contributed by atoms with Crippen LogP contribution in [0.15, 0.2) is 23.8 Å². The van der Waals surface area contributed by atoms with E-state index in [2.05, 4.69) is 0 Å². The Morgan fingerprint density at radius 3 is 2.75 bits per heavy atom. The summed E-state index contributed by atoms with van der Waals surface area (Å²) in [7, 11) is 0. The standard InChI is InChI=1S/C25H33FO6/c1-5-21(31)32-25(20(30)13-27)14(2)10-18-17-7-6-15-11-16(28)8-9-22(15,3)24(17,26)19(29)12-23(18,25)4/h8-9,11,14,17-19,27,29H,5-7,10,12-13H2,1-4H3/t14-,17+,18+,19+,22+,23+,24+,25?/m1/s1/i1D3,5D2. The fraction of sp³-hybridized carbons (Fsp3) is 0.720. The summed E-state index contributed by atoms with van der Waals surface area (Å²) in [5.74, 6) is -5.28. The Labute approximate surface area is 194 Å². The van der Waals surface area contributed by atoms with E-state index in [0.717, 1.165) is 0 Å². The lowest BCUT2D eigenvalue weighted by Gasteiger charge is -2.62. The molecule has 0 saturated heterocycles. The van der Waals surface area contributed by atoms with Gasteiger partial charge in [0.25, 0.3) is 0 Å². The fourth-order valence-electron chi connectivity index (χ4n) is 7.69. The second-order valence-electron chi connectivity index (χ2n) is 10.2. The maximum Gasteiger partial charge on any atom is 0.306 e. The maximum absolute atomic E-state index is 17.3. The Kier molecular flexibility index (Phi) is 4.03. The summed E-state index contributed by atoms with van der Waals surface area (Å²) < 4.78 is 60.9. The number of aliphatic hydroxyl groups excluding tert-OH is 2. The number of halogens is 1. The van der Waals surface area contributed by atoms with Gasteiger partial charge in [0, 0.05) is 35.9 Å². The van der Waals surface area contributed by atoms with Gasteiger partial charge >= 0.3 is 5.97 Å². The Morgan fingerprint density at radius 1 is 1.38 bits per heavy atom. The van der Waals surface area contributed by atoms with E-state index >= 15 is 4.39 Å². The van der Waals surface area contributed by atoms with Gasteiger partial charge in [0.2, 0.25) is 5.78 Å². The number of rotatable bonds is 4. The van der Waals surface area contributed by atoms with Crippen LogP contribution in [-0.4, -0.2) is 51.7 Å². The second kappa shape index (κ2) is 7.32. The van der Waals surface area contributed by atoms with Gasteiger partial charge in [-0.3, -0.25) is 14.4 Å². The molecule has 0 heterocycles. The summed E-state index contributed by atoms with van der Waals surface area (Å²) in [6.45, 7) is 0.296. The third-order valence-electron chi connectivity index (χ3n) is 9.09. The molecule has 4 rings (SSSR count). The monoisotopic (exact) mass is 453 g/mol. The van der Waals surface area contributed by atoms with E-state index < -0.39 is 77.5 Å². The molecule has 0 spiro atoms. The summed E-state index contributed by atoms with van der Waals surface area (Å²) >= 11 is 0. The van der Waals surface area contributed by atoms with Gasteiger partial charge in [-0.1, -0.05) is 32.3 Å². The SMILES string of the molecule is [2H]C([2H])([2H])C([2H])([2H])C(=O)OC1(C(=O)CO)[C@H](C)C[C@H]2[C@@H]3CCC4=CC(=O)C=C[C@]4(C)[C@@]3(F)[C@@H](O)C[C@@]21C. The zero-order chi connectivity index (χ0) is 28.0. The molecule has 4 aliphatic rings. The fourth-order valence-corrected chi connectivity index (χ4v) is 7.69. The van der Waals surface area contributed by atoms with Crippen LogP contribution in [-0.2, 0) is 19.1 Å². The number of hydrogen-bond acceptors (Lipinski definition) is 6. The molecule has 0 amide bonds. The molecule has 7 heteroatoms. The molecule has 0 radical (unpaired) electrons. The van der Waals surface area contributed by atoms with E-state index in [9.17, 15) is 24.6 Å². The van der Waals surface area contributed by atoms with Crippen LogP contribution in [0.4, 0.5) is 4.39 Å². The molecule has 32 heavy (non-hydrogen) atoms. The second-order valence-corrected chi connectivity index (χ2v) is 10.2. The summed E-state index contributed by atoms with van der Waals surface area (Å²) in [5.41, 5.74) is -6.54. The number of hydrogen-bond donors (Lipinski definition) is 2. The Balaban J connectivity index is 1.84. The lowest BCUT2D eigenvalue weighted by Crippen LogP contribution is -2.70. The minimum Gasteiger partial charge on any atom is -0.450 e. The summed E-state index contributed by atoms with van der Waals surface area (Å²) in [5, 5.41) is 21.3. The summed E-state index contributed by atoms with van der Waals surface area (Å²) in [4.78, 5) is 38.3. The molecule has 0 aromatic rings. The van der Waals surface area contributed by atoms with Crippen LogP contribution in [0.3, 0.4) is 0 Å². The van der Waals surface area contributed by atoms with Crippen molar-refractivity contribution in [2.45, 2.75) is 77.1 Å². The number of carbonyl (C=O) groups excluding carboxylic acids is 3. The van der Waals surface area contributed by atoms with Crippen molar-refractivity contribution in [2.75, 3.05) is 6.61 Å². The number of allylic oxidation sites excluding steroid dienone is 4. The molecule has 4 aliphatic carbocycles. The first-order valence-electron chi connectivity index (χ1n) is 13.5. The number of aliphatic hydroxyl groups is 2. The van der Waals surface area contributed by atoms with E-state index in [1.165, 1.54) is 18.2 Å². The smallest absolute Gasteiger partial charge is 0.306 e. The first-order valence-corrected chi connectivity index (χ1v) is 11.0. The van der Waals surface area contributed by atoms with Gasteiger partial charge in [0.15, 0.2) is 17.1 Å². The number of ether oxygens (including phenoxy) is 1. The molecule has 6 nitrogen and oxygen atoms in total. The molecule has 3 saturated carbocycles. The van der Waals surface area contributed by atoms with Crippen LogP contribution < -0.4 is 0 Å². The van der Waals surface area contributed by atoms with Crippen molar-refractivity contribution in [3.63, 3.8) is 0 Å². The average molecular weight is 454 g/mol. The van der Waals surface area contributed by atoms with Crippen molar-refractivity contribution in [3.05, 3.63) is 23.8 Å². The zero-order valence-corrected chi connectivity index (χ0v) is 18.5. The molecule has 176 valence electrons. The molecule has 1 unspecified atom stereocenters. The number of fused-ring (bicyclic) bond motifs is 5. The van der Waals surface area contributed by atoms with Crippen LogP contribution in [0, 0.1) is 28.6 Å². The molecular formula is C25H33FO6. The van der Waals surface area contributed by atoms with Gasteiger partial charge in [-0.25, -0.2) is 4.39 Å².